The molecule has 1 fully saturated rings. The molecule has 1 aromatic carbocycles. The normalized spacial score (nSPS) is 18.5. The van der Waals surface area contributed by atoms with Crippen molar-refractivity contribution in [1.82, 2.24) is 24.8 Å². The lowest BCUT2D eigenvalue weighted by atomic mass is 10.1. The van der Waals surface area contributed by atoms with E-state index >= 15 is 0 Å². The fourth-order valence-electron chi connectivity index (χ4n) is 3.55. The second kappa shape index (κ2) is 7.35. The van der Waals surface area contributed by atoms with Gasteiger partial charge in [0, 0.05) is 44.4 Å². The molecule has 26 heavy (non-hydrogen) atoms. The van der Waals surface area contributed by atoms with Gasteiger partial charge in [0.05, 0.1) is 6.33 Å². The molecule has 0 saturated carbocycles. The first kappa shape index (κ1) is 16.9. The number of anilines is 1. The van der Waals surface area contributed by atoms with Gasteiger partial charge in [-0.25, -0.2) is 19.3 Å². The fourth-order valence-corrected chi connectivity index (χ4v) is 3.55. The van der Waals surface area contributed by atoms with E-state index in [1.807, 2.05) is 12.1 Å². The molecule has 1 unspecified atom stereocenters. The van der Waals surface area contributed by atoms with Crippen molar-refractivity contribution in [3.8, 4) is 0 Å². The molecule has 3 heterocycles. The third kappa shape index (κ3) is 3.25. The first-order valence-corrected chi connectivity index (χ1v) is 8.73. The van der Waals surface area contributed by atoms with Gasteiger partial charge in [-0.3, -0.25) is 4.90 Å². The fraction of sp³-hybridized carbons (Fsp3) is 0.389. The molecule has 0 radical (unpaired) electrons. The zero-order chi connectivity index (χ0) is 17.9. The van der Waals surface area contributed by atoms with Crippen LogP contribution in [0.4, 0.5) is 10.2 Å². The molecule has 0 aliphatic carbocycles. The highest BCUT2D eigenvalue weighted by molar-refractivity contribution is 5.82. The summed E-state index contributed by atoms with van der Waals surface area (Å²) in [5.41, 5.74) is 2.14. The van der Waals surface area contributed by atoms with Gasteiger partial charge >= 0.3 is 0 Å². The van der Waals surface area contributed by atoms with E-state index in [1.165, 1.54) is 12.4 Å². The van der Waals surface area contributed by atoms with Crippen molar-refractivity contribution in [3.05, 3.63) is 48.3 Å². The third-order valence-corrected chi connectivity index (χ3v) is 4.90. The molecule has 2 aromatic heterocycles. The van der Waals surface area contributed by atoms with E-state index in [4.69, 9.17) is 0 Å². The van der Waals surface area contributed by atoms with Gasteiger partial charge in [0.2, 0.25) is 0 Å². The summed E-state index contributed by atoms with van der Waals surface area (Å²) in [7, 11) is 0. The van der Waals surface area contributed by atoms with Gasteiger partial charge in [-0.2, -0.15) is 0 Å². The number of aliphatic hydroxyl groups is 1. The Bertz CT molecular complexity index is 885. The van der Waals surface area contributed by atoms with E-state index < -0.39 is 0 Å². The highest BCUT2D eigenvalue weighted by Gasteiger charge is 2.29. The zero-order valence-corrected chi connectivity index (χ0v) is 14.3. The Hall–Kier alpha value is -2.58. The monoisotopic (exact) mass is 356 g/mol. The molecule has 2 N–H and O–H groups in total. The van der Waals surface area contributed by atoms with E-state index in [9.17, 15) is 9.50 Å². The summed E-state index contributed by atoms with van der Waals surface area (Å²) in [6.45, 7) is 2.87. The largest absolute Gasteiger partial charge is 0.396 e. The number of nitrogens with zero attached hydrogens (tertiary/aromatic N) is 5. The maximum Gasteiger partial charge on any atom is 0.182 e. The Morgan fingerprint density at radius 3 is 2.92 bits per heavy atom. The van der Waals surface area contributed by atoms with E-state index in [2.05, 4.69) is 29.7 Å². The number of benzene rings is 1. The van der Waals surface area contributed by atoms with Crippen molar-refractivity contribution in [1.29, 1.82) is 0 Å². The van der Waals surface area contributed by atoms with Crippen molar-refractivity contribution in [2.45, 2.75) is 19.0 Å². The van der Waals surface area contributed by atoms with Gasteiger partial charge in [-0.1, -0.05) is 18.2 Å². The second-order valence-electron chi connectivity index (χ2n) is 6.47. The molecule has 0 spiro atoms. The van der Waals surface area contributed by atoms with Crippen LogP contribution in [0.15, 0.2) is 36.9 Å². The van der Waals surface area contributed by atoms with Gasteiger partial charge in [-0.15, -0.1) is 0 Å². The Labute approximate surface area is 150 Å². The molecule has 1 aliphatic rings. The molecular weight excluding hydrogens is 335 g/mol. The van der Waals surface area contributed by atoms with Crippen LogP contribution in [0.3, 0.4) is 0 Å². The first-order valence-electron chi connectivity index (χ1n) is 8.73. The summed E-state index contributed by atoms with van der Waals surface area (Å²) < 4.78 is 14.0. The number of aliphatic hydroxyl groups excluding tert-OH is 1. The molecule has 8 heteroatoms. The number of aromatic nitrogens is 4. The number of H-pyrrole nitrogens is 1. The summed E-state index contributed by atoms with van der Waals surface area (Å²) in [5, 5.41) is 9.49. The molecule has 0 amide bonds. The summed E-state index contributed by atoms with van der Waals surface area (Å²) in [4.78, 5) is 20.3. The standard InChI is InChI=1S/C18H21FN6O/c19-15-4-2-1-3-13(15)9-24-6-7-25(10-14(24)5-8-26)18-16-17(21-11-20-16)22-12-23-18/h1-4,11-12,14,26H,5-10H2,(H,20,21,22,23). The molecule has 1 saturated heterocycles. The summed E-state index contributed by atoms with van der Waals surface area (Å²) in [5.74, 6) is 0.633. The lowest BCUT2D eigenvalue weighted by Gasteiger charge is -2.42. The Balaban J connectivity index is 1.55. The molecule has 1 atom stereocenters. The van der Waals surface area contributed by atoms with E-state index in [0.717, 1.165) is 24.4 Å². The predicted molar refractivity (Wildman–Crippen MR) is 96.2 cm³/mol. The van der Waals surface area contributed by atoms with Gasteiger partial charge in [0.15, 0.2) is 11.5 Å². The number of aromatic amines is 1. The van der Waals surface area contributed by atoms with Crippen molar-refractivity contribution in [2.75, 3.05) is 31.1 Å². The molecule has 7 nitrogen and oxygen atoms in total. The van der Waals surface area contributed by atoms with Crippen LogP contribution < -0.4 is 4.90 Å². The minimum absolute atomic E-state index is 0.0928. The average Bonchev–Trinajstić information content (AvgIpc) is 3.14. The maximum atomic E-state index is 14.0. The van der Waals surface area contributed by atoms with E-state index in [1.54, 1.807) is 12.4 Å². The number of halogens is 1. The number of hydrogen-bond acceptors (Lipinski definition) is 6. The Morgan fingerprint density at radius 1 is 1.19 bits per heavy atom. The second-order valence-corrected chi connectivity index (χ2v) is 6.47. The molecule has 1 aliphatic heterocycles. The zero-order valence-electron chi connectivity index (χ0n) is 14.3. The molecule has 3 aromatic rings. The van der Waals surface area contributed by atoms with Crippen LogP contribution in [0.2, 0.25) is 0 Å². The lowest BCUT2D eigenvalue weighted by molar-refractivity contribution is 0.134. The summed E-state index contributed by atoms with van der Waals surface area (Å²) >= 11 is 0. The van der Waals surface area contributed by atoms with Gasteiger partial charge < -0.3 is 15.0 Å². The summed E-state index contributed by atoms with van der Waals surface area (Å²) in [6.07, 6.45) is 3.76. The summed E-state index contributed by atoms with van der Waals surface area (Å²) in [6, 6.07) is 6.97. The predicted octanol–water partition coefficient (Wildman–Crippen LogP) is 1.57. The number of piperazine rings is 1. The van der Waals surface area contributed by atoms with Gasteiger partial charge in [0.25, 0.3) is 0 Å². The number of rotatable bonds is 5. The molecule has 0 bridgehead atoms. The topological polar surface area (TPSA) is 81.2 Å². The van der Waals surface area contributed by atoms with Crippen LogP contribution in [0.25, 0.3) is 11.2 Å². The van der Waals surface area contributed by atoms with Crippen LogP contribution in [0, 0.1) is 5.82 Å². The van der Waals surface area contributed by atoms with Crippen molar-refractivity contribution < 1.29 is 9.50 Å². The lowest BCUT2D eigenvalue weighted by Crippen LogP contribution is -2.53. The quantitative estimate of drug-likeness (QED) is 0.722. The molecular formula is C18H21FN6O. The van der Waals surface area contributed by atoms with Crippen LogP contribution in [0.1, 0.15) is 12.0 Å². The van der Waals surface area contributed by atoms with Gasteiger partial charge in [-0.05, 0) is 12.5 Å². The Kier molecular flexibility index (Phi) is 4.77. The van der Waals surface area contributed by atoms with Crippen molar-refractivity contribution in [3.63, 3.8) is 0 Å². The van der Waals surface area contributed by atoms with E-state index in [-0.39, 0.29) is 18.5 Å². The minimum Gasteiger partial charge on any atom is -0.396 e. The SMILES string of the molecule is OCCC1CN(c2ncnc3nc[nH]c23)CCN1Cc1ccccc1F. The highest BCUT2D eigenvalue weighted by Crippen LogP contribution is 2.25. The van der Waals surface area contributed by atoms with Crippen molar-refractivity contribution >= 4 is 17.0 Å². The number of imidazole rings is 1. The molecule has 4 rings (SSSR count). The third-order valence-electron chi connectivity index (χ3n) is 4.90. The van der Waals surface area contributed by atoms with E-state index in [0.29, 0.717) is 30.7 Å². The Morgan fingerprint density at radius 2 is 2.08 bits per heavy atom. The first-order chi connectivity index (χ1) is 12.8. The van der Waals surface area contributed by atoms with Crippen molar-refractivity contribution in [2.24, 2.45) is 0 Å². The van der Waals surface area contributed by atoms with Crippen LogP contribution in [-0.2, 0) is 6.54 Å². The minimum atomic E-state index is -0.187. The van der Waals surface area contributed by atoms with Crippen LogP contribution >= 0.6 is 0 Å². The number of fused-ring (bicyclic) bond motifs is 1. The highest BCUT2D eigenvalue weighted by atomic mass is 19.1. The smallest absolute Gasteiger partial charge is 0.182 e. The number of hydrogen-bond donors (Lipinski definition) is 2. The van der Waals surface area contributed by atoms with Crippen LogP contribution in [0.5, 0.6) is 0 Å². The average molecular weight is 356 g/mol. The molecule has 136 valence electrons. The number of nitrogens with one attached hydrogen (secondary N) is 1. The van der Waals surface area contributed by atoms with Gasteiger partial charge in [0.1, 0.15) is 17.7 Å². The maximum absolute atomic E-state index is 14.0. The van der Waals surface area contributed by atoms with Crippen LogP contribution in [-0.4, -0.2) is 62.2 Å².